The molecule has 7 nitrogen and oxygen atoms in total. The fraction of sp³-hybridized carbons (Fsp3) is 0.263. The fourth-order valence-corrected chi connectivity index (χ4v) is 4.36. The Morgan fingerprint density at radius 1 is 1.19 bits per heavy atom. The normalized spacial score (nSPS) is 15.2. The van der Waals surface area contributed by atoms with Gasteiger partial charge in [0.15, 0.2) is 0 Å². The molecule has 142 valence electrons. The maximum atomic E-state index is 12.8. The van der Waals surface area contributed by atoms with Gasteiger partial charge in [-0.1, -0.05) is 31.2 Å². The van der Waals surface area contributed by atoms with Crippen LogP contribution in [0.3, 0.4) is 0 Å². The molecule has 0 radical (unpaired) electrons. The third-order valence-corrected chi connectivity index (χ3v) is 6.22. The second-order valence-electron chi connectivity index (χ2n) is 6.18. The van der Waals surface area contributed by atoms with E-state index in [0.717, 1.165) is 16.3 Å². The Balaban J connectivity index is 1.84. The molecule has 1 fully saturated rings. The number of amides is 2. The predicted molar refractivity (Wildman–Crippen MR) is 102 cm³/mol. The van der Waals surface area contributed by atoms with Gasteiger partial charge in [-0.3, -0.25) is 9.59 Å². The van der Waals surface area contributed by atoms with Gasteiger partial charge in [-0.15, -0.1) is 0 Å². The Labute approximate surface area is 158 Å². The molecule has 0 saturated carbocycles. The van der Waals surface area contributed by atoms with E-state index in [9.17, 15) is 18.0 Å². The Morgan fingerprint density at radius 2 is 1.96 bits per heavy atom. The van der Waals surface area contributed by atoms with Crippen molar-refractivity contribution in [2.45, 2.75) is 18.2 Å². The molecule has 1 aliphatic heterocycles. The number of hydrogen-bond donors (Lipinski definition) is 2. The molecule has 2 N–H and O–H groups in total. The standard InChI is InChI=1S/C19H21N3O4S/c1-2-14-6-3-4-9-17(14)21-19(24)15-7-5-8-16(12-15)27(25,26)22-11-10-20-18(23)13-22/h3-9,12H,2,10-11,13H2,1H3,(H,20,23)(H,21,24). The second kappa shape index (κ2) is 7.89. The summed E-state index contributed by atoms with van der Waals surface area (Å²) in [5, 5.41) is 5.43. The first-order chi connectivity index (χ1) is 12.9. The van der Waals surface area contributed by atoms with Gasteiger partial charge >= 0.3 is 0 Å². The molecule has 2 aromatic rings. The topological polar surface area (TPSA) is 95.6 Å². The van der Waals surface area contributed by atoms with Crippen LogP contribution in [0.4, 0.5) is 5.69 Å². The highest BCUT2D eigenvalue weighted by atomic mass is 32.2. The smallest absolute Gasteiger partial charge is 0.255 e. The number of piperazine rings is 1. The lowest BCUT2D eigenvalue weighted by atomic mass is 10.1. The van der Waals surface area contributed by atoms with Gasteiger partial charge in [0.05, 0.1) is 11.4 Å². The van der Waals surface area contributed by atoms with E-state index in [0.29, 0.717) is 5.69 Å². The number of nitrogens with zero attached hydrogens (tertiary/aromatic N) is 1. The van der Waals surface area contributed by atoms with Gasteiger partial charge in [-0.25, -0.2) is 8.42 Å². The summed E-state index contributed by atoms with van der Waals surface area (Å²) in [4.78, 5) is 24.1. The molecule has 27 heavy (non-hydrogen) atoms. The third-order valence-electron chi connectivity index (χ3n) is 4.38. The minimum Gasteiger partial charge on any atom is -0.354 e. The van der Waals surface area contributed by atoms with Crippen LogP contribution in [0.15, 0.2) is 53.4 Å². The zero-order chi connectivity index (χ0) is 19.4. The summed E-state index contributed by atoms with van der Waals surface area (Å²) in [5.41, 5.74) is 1.93. The zero-order valence-corrected chi connectivity index (χ0v) is 15.8. The van der Waals surface area contributed by atoms with Crippen LogP contribution in [-0.2, 0) is 21.2 Å². The number of benzene rings is 2. The molecule has 0 unspecified atom stereocenters. The second-order valence-corrected chi connectivity index (χ2v) is 8.12. The summed E-state index contributed by atoms with van der Waals surface area (Å²) in [7, 11) is -3.84. The average molecular weight is 387 g/mol. The Hall–Kier alpha value is -2.71. The zero-order valence-electron chi connectivity index (χ0n) is 14.9. The van der Waals surface area contributed by atoms with Gasteiger partial charge < -0.3 is 10.6 Å². The molecule has 0 aromatic heterocycles. The molecule has 3 rings (SSSR count). The quantitative estimate of drug-likeness (QED) is 0.815. The number of nitrogens with one attached hydrogen (secondary N) is 2. The summed E-state index contributed by atoms with van der Waals surface area (Å²) in [6.45, 7) is 2.25. The van der Waals surface area contributed by atoms with E-state index < -0.39 is 10.0 Å². The predicted octanol–water partition coefficient (Wildman–Crippen LogP) is 1.62. The maximum absolute atomic E-state index is 12.8. The van der Waals surface area contributed by atoms with Crippen LogP contribution in [0, 0.1) is 0 Å². The van der Waals surface area contributed by atoms with Crippen molar-refractivity contribution in [2.24, 2.45) is 0 Å². The number of carbonyl (C=O) groups is 2. The molecule has 0 aliphatic carbocycles. The summed E-state index contributed by atoms with van der Waals surface area (Å²) in [5.74, 6) is -0.723. The molecule has 1 heterocycles. The molecule has 2 aromatic carbocycles. The Morgan fingerprint density at radius 3 is 2.70 bits per heavy atom. The fourth-order valence-electron chi connectivity index (χ4n) is 2.91. The van der Waals surface area contributed by atoms with E-state index in [1.807, 2.05) is 31.2 Å². The number of para-hydroxylation sites is 1. The van der Waals surface area contributed by atoms with Crippen molar-refractivity contribution in [3.63, 3.8) is 0 Å². The largest absolute Gasteiger partial charge is 0.354 e. The number of sulfonamides is 1. The van der Waals surface area contributed by atoms with Crippen LogP contribution < -0.4 is 10.6 Å². The van der Waals surface area contributed by atoms with Crippen molar-refractivity contribution in [1.82, 2.24) is 9.62 Å². The molecule has 2 amide bonds. The molecule has 0 atom stereocenters. The van der Waals surface area contributed by atoms with Crippen molar-refractivity contribution in [1.29, 1.82) is 0 Å². The van der Waals surface area contributed by atoms with Crippen LogP contribution in [0.2, 0.25) is 0 Å². The highest BCUT2D eigenvalue weighted by Crippen LogP contribution is 2.20. The summed E-state index contributed by atoms with van der Waals surface area (Å²) >= 11 is 0. The lowest BCUT2D eigenvalue weighted by Crippen LogP contribution is -2.49. The first kappa shape index (κ1) is 19.1. The van der Waals surface area contributed by atoms with Crippen LogP contribution in [-0.4, -0.2) is 44.2 Å². The van der Waals surface area contributed by atoms with E-state index in [1.165, 1.54) is 18.2 Å². The minimum absolute atomic E-state index is 0.00590. The van der Waals surface area contributed by atoms with E-state index in [-0.39, 0.29) is 41.9 Å². The summed E-state index contributed by atoms with van der Waals surface area (Å²) in [6, 6.07) is 13.3. The Bertz CT molecular complexity index is 972. The lowest BCUT2D eigenvalue weighted by Gasteiger charge is -2.26. The van der Waals surface area contributed by atoms with E-state index in [4.69, 9.17) is 0 Å². The lowest BCUT2D eigenvalue weighted by molar-refractivity contribution is -0.122. The van der Waals surface area contributed by atoms with E-state index >= 15 is 0 Å². The molecule has 0 spiro atoms. The van der Waals surface area contributed by atoms with Gasteiger partial charge in [-0.2, -0.15) is 4.31 Å². The van der Waals surface area contributed by atoms with Gasteiger partial charge in [0.25, 0.3) is 5.91 Å². The minimum atomic E-state index is -3.84. The van der Waals surface area contributed by atoms with Gasteiger partial charge in [0.2, 0.25) is 15.9 Å². The highest BCUT2D eigenvalue weighted by Gasteiger charge is 2.29. The summed E-state index contributed by atoms with van der Waals surface area (Å²) < 4.78 is 26.7. The number of hydrogen-bond acceptors (Lipinski definition) is 4. The molecular weight excluding hydrogens is 366 g/mol. The van der Waals surface area contributed by atoms with Crippen molar-refractivity contribution in [3.8, 4) is 0 Å². The maximum Gasteiger partial charge on any atom is 0.255 e. The molecule has 1 saturated heterocycles. The first-order valence-corrected chi connectivity index (χ1v) is 10.1. The van der Waals surface area contributed by atoms with Crippen LogP contribution >= 0.6 is 0 Å². The van der Waals surface area contributed by atoms with Gasteiger partial charge in [0.1, 0.15) is 0 Å². The number of aryl methyl sites for hydroxylation is 1. The first-order valence-electron chi connectivity index (χ1n) is 8.68. The monoisotopic (exact) mass is 387 g/mol. The molecular formula is C19H21N3O4S. The highest BCUT2D eigenvalue weighted by molar-refractivity contribution is 7.89. The van der Waals surface area contributed by atoms with Crippen molar-refractivity contribution >= 4 is 27.5 Å². The van der Waals surface area contributed by atoms with E-state index in [2.05, 4.69) is 10.6 Å². The molecule has 1 aliphatic rings. The van der Waals surface area contributed by atoms with Gasteiger partial charge in [-0.05, 0) is 36.2 Å². The van der Waals surface area contributed by atoms with Crippen LogP contribution in [0.25, 0.3) is 0 Å². The number of carbonyl (C=O) groups excluding carboxylic acids is 2. The molecule has 0 bridgehead atoms. The van der Waals surface area contributed by atoms with E-state index in [1.54, 1.807) is 6.07 Å². The van der Waals surface area contributed by atoms with Gasteiger partial charge in [0, 0.05) is 24.3 Å². The average Bonchev–Trinajstić information content (AvgIpc) is 2.68. The number of rotatable bonds is 5. The number of anilines is 1. The van der Waals surface area contributed by atoms with Crippen LogP contribution in [0.1, 0.15) is 22.8 Å². The third kappa shape index (κ3) is 4.17. The van der Waals surface area contributed by atoms with Crippen molar-refractivity contribution in [3.05, 3.63) is 59.7 Å². The SMILES string of the molecule is CCc1ccccc1NC(=O)c1cccc(S(=O)(=O)N2CCNC(=O)C2)c1. The van der Waals surface area contributed by atoms with Crippen molar-refractivity contribution < 1.29 is 18.0 Å². The Kier molecular flexibility index (Phi) is 5.57. The summed E-state index contributed by atoms with van der Waals surface area (Å²) in [6.07, 6.45) is 0.766. The van der Waals surface area contributed by atoms with Crippen molar-refractivity contribution in [2.75, 3.05) is 25.0 Å². The van der Waals surface area contributed by atoms with Crippen LogP contribution in [0.5, 0.6) is 0 Å². The molecule has 8 heteroatoms.